The van der Waals surface area contributed by atoms with Crippen LogP contribution in [-0.2, 0) is 32.0 Å². The van der Waals surface area contributed by atoms with Gasteiger partial charge >= 0.3 is 5.97 Å². The van der Waals surface area contributed by atoms with Gasteiger partial charge in [0.2, 0.25) is 17.7 Å². The van der Waals surface area contributed by atoms with Crippen molar-refractivity contribution in [2.45, 2.75) is 43.4 Å². The number of hydrogen-bond acceptors (Lipinski definition) is 9. The van der Waals surface area contributed by atoms with Gasteiger partial charge < -0.3 is 36.8 Å². The van der Waals surface area contributed by atoms with E-state index in [1.54, 1.807) is 0 Å². The highest BCUT2D eigenvalue weighted by atomic mass is 32.2. The number of amides is 3. The minimum absolute atomic E-state index is 0.0268. The summed E-state index contributed by atoms with van der Waals surface area (Å²) in [6, 6.07) is -4.26. The van der Waals surface area contributed by atoms with E-state index in [1.807, 2.05) is 6.26 Å². The molecule has 0 aliphatic heterocycles. The Morgan fingerprint density at radius 2 is 1.51 bits per heavy atom. The van der Waals surface area contributed by atoms with Crippen LogP contribution in [-0.4, -0.2) is 90.7 Å². The van der Waals surface area contributed by atoms with Crippen molar-refractivity contribution in [2.75, 3.05) is 17.8 Å². The Hall–Kier alpha value is -3.04. The first kappa shape index (κ1) is 28.2. The minimum Gasteiger partial charge on any atom is -0.480 e. The molecule has 8 N–H and O–H groups in total. The number of carbonyl (C=O) groups is 4. The topological polar surface area (TPSA) is 208 Å². The van der Waals surface area contributed by atoms with Crippen LogP contribution in [0.2, 0.25) is 0 Å². The standard InChI is InChI=1S/C20H30N8O5S2/c1-35-3-2-14(20(32)33)26-18(30)15(5-12-7-23-10-25-12)27-19(31)16(8-34)28-17(29)13(21)4-11-6-22-9-24-11/h6-7,9-10,13-16,34H,2-5,8,21H2,1H3,(H,22,24)(H,23,25)(H,26,30)(H,27,31)(H,28,29)(H,32,33). The maximum Gasteiger partial charge on any atom is 0.326 e. The van der Waals surface area contributed by atoms with Crippen LogP contribution < -0.4 is 21.7 Å². The number of carboxylic acid groups (broad SMARTS) is 1. The van der Waals surface area contributed by atoms with Crippen LogP contribution in [0, 0.1) is 0 Å². The summed E-state index contributed by atoms with van der Waals surface area (Å²) in [5.74, 6) is -2.63. The summed E-state index contributed by atoms with van der Waals surface area (Å²) in [4.78, 5) is 63.4. The lowest BCUT2D eigenvalue weighted by atomic mass is 10.1. The van der Waals surface area contributed by atoms with Gasteiger partial charge in [0.05, 0.1) is 18.7 Å². The van der Waals surface area contributed by atoms with Crippen molar-refractivity contribution in [1.29, 1.82) is 0 Å². The first-order chi connectivity index (χ1) is 16.7. The van der Waals surface area contributed by atoms with Crippen molar-refractivity contribution in [2.24, 2.45) is 5.73 Å². The molecule has 0 fully saturated rings. The molecular formula is C20H30N8O5S2. The first-order valence-corrected chi connectivity index (χ1v) is 12.7. The second-order valence-corrected chi connectivity index (χ2v) is 9.00. The van der Waals surface area contributed by atoms with Gasteiger partial charge in [0.25, 0.3) is 0 Å². The summed E-state index contributed by atoms with van der Waals surface area (Å²) >= 11 is 5.59. The molecule has 4 atom stereocenters. The van der Waals surface area contributed by atoms with E-state index in [-0.39, 0.29) is 25.0 Å². The fourth-order valence-electron chi connectivity index (χ4n) is 3.06. The molecule has 35 heavy (non-hydrogen) atoms. The molecule has 15 heteroatoms. The fourth-order valence-corrected chi connectivity index (χ4v) is 3.79. The molecule has 2 aromatic heterocycles. The van der Waals surface area contributed by atoms with E-state index in [4.69, 9.17) is 5.73 Å². The Morgan fingerprint density at radius 1 is 0.971 bits per heavy atom. The normalized spacial score (nSPS) is 14.4. The third-order valence-corrected chi connectivity index (χ3v) is 5.99. The second-order valence-electron chi connectivity index (χ2n) is 7.65. The highest BCUT2D eigenvalue weighted by molar-refractivity contribution is 7.98. The van der Waals surface area contributed by atoms with Crippen molar-refractivity contribution in [3.8, 4) is 0 Å². The number of nitrogens with two attached hydrogens (primary N) is 1. The molecule has 0 bridgehead atoms. The maximum absolute atomic E-state index is 12.9. The van der Waals surface area contributed by atoms with Crippen molar-refractivity contribution in [3.05, 3.63) is 36.4 Å². The van der Waals surface area contributed by atoms with E-state index >= 15 is 0 Å². The molecule has 192 valence electrons. The van der Waals surface area contributed by atoms with Crippen LogP contribution in [0.5, 0.6) is 0 Å². The van der Waals surface area contributed by atoms with E-state index in [0.717, 1.165) is 0 Å². The first-order valence-electron chi connectivity index (χ1n) is 10.7. The number of aromatic nitrogens is 4. The maximum atomic E-state index is 12.9. The molecule has 2 rings (SSSR count). The molecule has 4 unspecified atom stereocenters. The summed E-state index contributed by atoms with van der Waals surface area (Å²) in [7, 11) is 0. The van der Waals surface area contributed by atoms with Crippen LogP contribution in [0.15, 0.2) is 25.0 Å². The van der Waals surface area contributed by atoms with Gasteiger partial charge in [0.1, 0.15) is 18.1 Å². The number of thiol groups is 1. The fraction of sp³-hybridized carbons (Fsp3) is 0.500. The van der Waals surface area contributed by atoms with Gasteiger partial charge in [0, 0.05) is 42.4 Å². The predicted octanol–water partition coefficient (Wildman–Crippen LogP) is -1.53. The van der Waals surface area contributed by atoms with Crippen molar-refractivity contribution >= 4 is 48.1 Å². The number of imidazole rings is 2. The molecule has 0 saturated carbocycles. The third-order valence-electron chi connectivity index (χ3n) is 4.98. The average molecular weight is 527 g/mol. The predicted molar refractivity (Wildman–Crippen MR) is 133 cm³/mol. The lowest BCUT2D eigenvalue weighted by molar-refractivity contribution is -0.142. The van der Waals surface area contributed by atoms with Crippen molar-refractivity contribution in [3.63, 3.8) is 0 Å². The summed E-state index contributed by atoms with van der Waals surface area (Å²) < 4.78 is 0. The second kappa shape index (κ2) is 14.4. The number of hydrogen-bond donors (Lipinski definition) is 8. The molecule has 2 aromatic rings. The number of nitrogens with zero attached hydrogens (tertiary/aromatic N) is 2. The summed E-state index contributed by atoms with van der Waals surface area (Å²) in [6.07, 6.45) is 8.17. The Labute approximate surface area is 211 Å². The molecule has 0 aliphatic carbocycles. The number of rotatable bonds is 15. The van der Waals surface area contributed by atoms with Gasteiger partial charge in [-0.2, -0.15) is 24.4 Å². The smallest absolute Gasteiger partial charge is 0.326 e. The summed E-state index contributed by atoms with van der Waals surface area (Å²) in [5.41, 5.74) is 7.13. The molecule has 0 radical (unpaired) electrons. The van der Waals surface area contributed by atoms with Gasteiger partial charge in [0.15, 0.2) is 0 Å². The third kappa shape index (κ3) is 9.26. The summed E-state index contributed by atoms with van der Waals surface area (Å²) in [6.45, 7) is 0. The van der Waals surface area contributed by atoms with Crippen LogP contribution in [0.1, 0.15) is 17.8 Å². The van der Waals surface area contributed by atoms with Gasteiger partial charge in [-0.05, 0) is 18.4 Å². The SMILES string of the molecule is CSCCC(NC(=O)C(Cc1cnc[nH]1)NC(=O)C(CS)NC(=O)C(N)Cc1cnc[nH]1)C(=O)O. The quantitative estimate of drug-likeness (QED) is 0.126. The van der Waals surface area contributed by atoms with Crippen LogP contribution >= 0.6 is 24.4 Å². The van der Waals surface area contributed by atoms with Crippen LogP contribution in [0.25, 0.3) is 0 Å². The molecular weight excluding hydrogens is 496 g/mol. The molecule has 13 nitrogen and oxygen atoms in total. The largest absolute Gasteiger partial charge is 0.480 e. The summed E-state index contributed by atoms with van der Waals surface area (Å²) in [5, 5.41) is 17.0. The lowest BCUT2D eigenvalue weighted by Gasteiger charge is -2.24. The van der Waals surface area contributed by atoms with Gasteiger partial charge in [-0.3, -0.25) is 14.4 Å². The Morgan fingerprint density at radius 3 is 2.03 bits per heavy atom. The molecule has 0 saturated heterocycles. The zero-order valence-corrected chi connectivity index (χ0v) is 20.8. The number of carbonyl (C=O) groups excluding carboxylic acids is 3. The van der Waals surface area contributed by atoms with Gasteiger partial charge in [-0.25, -0.2) is 14.8 Å². The lowest BCUT2D eigenvalue weighted by Crippen LogP contribution is -2.58. The molecule has 3 amide bonds. The molecule has 0 spiro atoms. The highest BCUT2D eigenvalue weighted by Gasteiger charge is 2.30. The molecule has 0 aromatic carbocycles. The Balaban J connectivity index is 2.06. The molecule has 0 aliphatic rings. The number of H-pyrrole nitrogens is 2. The Kier molecular flexibility index (Phi) is 11.6. The molecule has 2 heterocycles. The monoisotopic (exact) mass is 526 g/mol. The van der Waals surface area contributed by atoms with Crippen molar-refractivity contribution in [1.82, 2.24) is 35.9 Å². The van der Waals surface area contributed by atoms with E-state index < -0.39 is 47.9 Å². The number of aromatic amines is 2. The number of thioether (sulfide) groups is 1. The number of nitrogens with one attached hydrogen (secondary N) is 5. The highest BCUT2D eigenvalue weighted by Crippen LogP contribution is 2.05. The van der Waals surface area contributed by atoms with Gasteiger partial charge in [-0.15, -0.1) is 0 Å². The Bertz CT molecular complexity index is 957. The zero-order valence-electron chi connectivity index (χ0n) is 19.1. The number of carboxylic acids is 1. The van der Waals surface area contributed by atoms with E-state index in [1.165, 1.54) is 36.8 Å². The average Bonchev–Trinajstić information content (AvgIpc) is 3.53. The number of aliphatic carboxylic acids is 1. The van der Waals surface area contributed by atoms with Crippen LogP contribution in [0.3, 0.4) is 0 Å². The van der Waals surface area contributed by atoms with E-state index in [2.05, 4.69) is 48.5 Å². The van der Waals surface area contributed by atoms with Gasteiger partial charge in [-0.1, -0.05) is 0 Å². The van der Waals surface area contributed by atoms with E-state index in [9.17, 15) is 24.3 Å². The zero-order chi connectivity index (χ0) is 25.8. The van der Waals surface area contributed by atoms with E-state index in [0.29, 0.717) is 17.1 Å². The van der Waals surface area contributed by atoms with Crippen LogP contribution in [0.4, 0.5) is 0 Å². The van der Waals surface area contributed by atoms with Crippen molar-refractivity contribution < 1.29 is 24.3 Å². The minimum atomic E-state index is -1.18.